The first-order valence-electron chi connectivity index (χ1n) is 15.6. The summed E-state index contributed by atoms with van der Waals surface area (Å²) in [6.45, 7) is 11.1. The Morgan fingerprint density at radius 2 is 1.63 bits per heavy atom. The fourth-order valence-corrected chi connectivity index (χ4v) is 5.24. The van der Waals surface area contributed by atoms with E-state index in [1.165, 1.54) is 30.9 Å². The highest BCUT2D eigenvalue weighted by molar-refractivity contribution is 5.83. The smallest absolute Gasteiger partial charge is 0.344 e. The summed E-state index contributed by atoms with van der Waals surface area (Å²) >= 11 is 0. The molecule has 0 fully saturated rings. The molecular weight excluding hydrogens is 512 g/mol. The lowest BCUT2D eigenvalue weighted by molar-refractivity contribution is -0.139. The molecule has 41 heavy (non-hydrogen) atoms. The molecule has 0 aliphatic rings. The molecule has 0 aliphatic carbocycles. The molecule has 0 amide bonds. The van der Waals surface area contributed by atoms with Crippen LogP contribution in [0.3, 0.4) is 0 Å². The van der Waals surface area contributed by atoms with Crippen molar-refractivity contribution >= 4 is 16.9 Å². The van der Waals surface area contributed by atoms with Crippen LogP contribution < -0.4 is 10.4 Å². The lowest BCUT2D eigenvalue weighted by Gasteiger charge is -2.17. The fraction of sp³-hybridized carbons (Fsp3) is 0.500. The number of carbonyl (C=O) groups excluding carboxylic acids is 1. The summed E-state index contributed by atoms with van der Waals surface area (Å²) in [4.78, 5) is 24.1. The molecule has 5 heteroatoms. The minimum absolute atomic E-state index is 0.330. The molecule has 1 aromatic heterocycles. The Bertz CT molecular complexity index is 1270. The van der Waals surface area contributed by atoms with E-state index in [-0.39, 0.29) is 11.6 Å². The summed E-state index contributed by atoms with van der Waals surface area (Å²) in [6, 6.07) is 15.9. The van der Waals surface area contributed by atoms with Crippen molar-refractivity contribution in [2.45, 2.75) is 91.4 Å². The summed E-state index contributed by atoms with van der Waals surface area (Å²) in [7, 11) is 0. The maximum Gasteiger partial charge on any atom is 0.344 e. The standard InChI is InChI=1S/C36H48O5/c1-5-9-10-15-29-16-18-30(19-17-29)33-24-31-20-21-32(25-34(31)41-36(33)38)39-23-22-27(6-2)13-11-12-14-28(7-3)26-40-35(37)8-4/h8,16-21,24-25,27-28H,4-7,9-15,22-23,26H2,1-3H3. The second-order valence-electron chi connectivity index (χ2n) is 11.1. The summed E-state index contributed by atoms with van der Waals surface area (Å²) in [5, 5.41) is 0.884. The molecule has 0 radical (unpaired) electrons. The number of benzene rings is 2. The number of aryl methyl sites for hydroxylation is 1. The quantitative estimate of drug-likeness (QED) is 0.0632. The fourth-order valence-electron chi connectivity index (χ4n) is 5.24. The van der Waals surface area contributed by atoms with Crippen LogP contribution in [-0.2, 0) is 16.0 Å². The van der Waals surface area contributed by atoms with Crippen LogP contribution in [-0.4, -0.2) is 19.2 Å². The predicted molar refractivity (Wildman–Crippen MR) is 168 cm³/mol. The van der Waals surface area contributed by atoms with Gasteiger partial charge in [0.15, 0.2) is 0 Å². The molecule has 0 N–H and O–H groups in total. The molecule has 0 saturated carbocycles. The van der Waals surface area contributed by atoms with Crippen molar-refractivity contribution in [2.24, 2.45) is 11.8 Å². The van der Waals surface area contributed by atoms with Gasteiger partial charge < -0.3 is 13.9 Å². The van der Waals surface area contributed by atoms with Gasteiger partial charge in [0.2, 0.25) is 0 Å². The molecule has 0 bridgehead atoms. The van der Waals surface area contributed by atoms with Gasteiger partial charge >= 0.3 is 11.6 Å². The maximum atomic E-state index is 12.8. The van der Waals surface area contributed by atoms with Gasteiger partial charge in [-0.3, -0.25) is 0 Å². The Balaban J connectivity index is 1.48. The second-order valence-corrected chi connectivity index (χ2v) is 11.1. The third kappa shape index (κ3) is 10.5. The van der Waals surface area contributed by atoms with E-state index in [4.69, 9.17) is 13.9 Å². The Morgan fingerprint density at radius 3 is 2.32 bits per heavy atom. The maximum absolute atomic E-state index is 12.8. The van der Waals surface area contributed by atoms with Gasteiger partial charge in [-0.05, 0) is 66.8 Å². The zero-order chi connectivity index (χ0) is 29.5. The van der Waals surface area contributed by atoms with Crippen LogP contribution in [0.5, 0.6) is 5.75 Å². The Kier molecular flexibility index (Phi) is 13.7. The minimum Gasteiger partial charge on any atom is -0.493 e. The van der Waals surface area contributed by atoms with Gasteiger partial charge in [-0.25, -0.2) is 9.59 Å². The molecule has 3 rings (SSSR count). The zero-order valence-electron chi connectivity index (χ0n) is 25.3. The van der Waals surface area contributed by atoms with Gasteiger partial charge in [0, 0.05) is 17.5 Å². The number of carbonyl (C=O) groups is 1. The number of hydrogen-bond donors (Lipinski definition) is 0. The lowest BCUT2D eigenvalue weighted by atomic mass is 9.93. The highest BCUT2D eigenvalue weighted by Crippen LogP contribution is 2.26. The SMILES string of the molecule is C=CC(=O)OCC(CC)CCCCC(CC)CCOc1ccc2cc(-c3ccc(CCCCC)cc3)c(=O)oc2c1. The van der Waals surface area contributed by atoms with Crippen LogP contribution in [0.2, 0.25) is 0 Å². The third-order valence-electron chi connectivity index (χ3n) is 8.09. The summed E-state index contributed by atoms with van der Waals surface area (Å²) in [5.41, 5.74) is 2.98. The van der Waals surface area contributed by atoms with Crippen LogP contribution in [0.15, 0.2) is 70.4 Å². The van der Waals surface area contributed by atoms with Crippen molar-refractivity contribution in [3.05, 3.63) is 77.2 Å². The molecule has 1 heterocycles. The molecule has 0 saturated heterocycles. The molecular formula is C36H48O5. The molecule has 0 aliphatic heterocycles. The van der Waals surface area contributed by atoms with Gasteiger partial charge in [0.05, 0.1) is 18.8 Å². The van der Waals surface area contributed by atoms with Gasteiger partial charge in [0.1, 0.15) is 11.3 Å². The van der Waals surface area contributed by atoms with Crippen LogP contribution in [0.4, 0.5) is 0 Å². The van der Waals surface area contributed by atoms with Crippen LogP contribution in [0.25, 0.3) is 22.1 Å². The van der Waals surface area contributed by atoms with Crippen LogP contribution >= 0.6 is 0 Å². The van der Waals surface area contributed by atoms with E-state index in [0.29, 0.717) is 36.2 Å². The summed E-state index contributed by atoms with van der Waals surface area (Å²) in [5.74, 6) is 1.39. The van der Waals surface area contributed by atoms with Crippen molar-refractivity contribution in [2.75, 3.05) is 13.2 Å². The van der Waals surface area contributed by atoms with Crippen molar-refractivity contribution < 1.29 is 18.7 Å². The minimum atomic E-state index is -0.341. The van der Waals surface area contributed by atoms with E-state index in [1.807, 2.05) is 36.4 Å². The van der Waals surface area contributed by atoms with Crippen LogP contribution in [0, 0.1) is 11.8 Å². The first-order valence-corrected chi connectivity index (χ1v) is 15.6. The number of esters is 1. The van der Waals surface area contributed by atoms with E-state index < -0.39 is 0 Å². The Hall–Kier alpha value is -3.34. The summed E-state index contributed by atoms with van der Waals surface area (Å²) in [6.07, 6.45) is 13.6. The molecule has 5 nitrogen and oxygen atoms in total. The Labute approximate surface area is 245 Å². The largest absolute Gasteiger partial charge is 0.493 e. The van der Waals surface area contributed by atoms with Crippen molar-refractivity contribution in [1.29, 1.82) is 0 Å². The molecule has 2 atom stereocenters. The lowest BCUT2D eigenvalue weighted by Crippen LogP contribution is -2.12. The highest BCUT2D eigenvalue weighted by Gasteiger charge is 2.12. The predicted octanol–water partition coefficient (Wildman–Crippen LogP) is 9.30. The van der Waals surface area contributed by atoms with Crippen molar-refractivity contribution in [3.63, 3.8) is 0 Å². The molecule has 222 valence electrons. The average Bonchev–Trinajstić information content (AvgIpc) is 2.99. The number of fused-ring (bicyclic) bond motifs is 1. The first-order chi connectivity index (χ1) is 20.0. The van der Waals surface area contributed by atoms with Gasteiger partial charge in [0.25, 0.3) is 0 Å². The van der Waals surface area contributed by atoms with E-state index in [2.05, 4.69) is 39.5 Å². The van der Waals surface area contributed by atoms with Crippen molar-refractivity contribution in [3.8, 4) is 16.9 Å². The second kappa shape index (κ2) is 17.5. The monoisotopic (exact) mass is 560 g/mol. The topological polar surface area (TPSA) is 65.7 Å². The van der Waals surface area contributed by atoms with Gasteiger partial charge in [-0.15, -0.1) is 0 Å². The summed E-state index contributed by atoms with van der Waals surface area (Å²) < 4.78 is 17.0. The zero-order valence-corrected chi connectivity index (χ0v) is 25.3. The number of rotatable bonds is 19. The Morgan fingerprint density at radius 1 is 0.902 bits per heavy atom. The highest BCUT2D eigenvalue weighted by atomic mass is 16.5. The number of unbranched alkanes of at least 4 members (excludes halogenated alkanes) is 3. The van der Waals surface area contributed by atoms with Crippen LogP contribution in [0.1, 0.15) is 90.5 Å². The molecule has 0 spiro atoms. The molecule has 2 unspecified atom stereocenters. The molecule has 2 aromatic carbocycles. The molecule has 3 aromatic rings. The van der Waals surface area contributed by atoms with E-state index in [0.717, 1.165) is 68.1 Å². The third-order valence-corrected chi connectivity index (χ3v) is 8.09. The number of hydrogen-bond acceptors (Lipinski definition) is 5. The van der Waals surface area contributed by atoms with Gasteiger partial charge in [-0.2, -0.15) is 0 Å². The van der Waals surface area contributed by atoms with E-state index in [1.54, 1.807) is 0 Å². The normalized spacial score (nSPS) is 12.7. The van der Waals surface area contributed by atoms with Crippen molar-refractivity contribution in [1.82, 2.24) is 0 Å². The number of ether oxygens (including phenoxy) is 2. The van der Waals surface area contributed by atoms with Gasteiger partial charge in [-0.1, -0.05) is 96.6 Å². The first kappa shape index (κ1) is 32.2. The van der Waals surface area contributed by atoms with E-state index >= 15 is 0 Å². The van der Waals surface area contributed by atoms with E-state index in [9.17, 15) is 9.59 Å². The average molecular weight is 561 g/mol.